The molecule has 254 valence electrons. The highest BCUT2D eigenvalue weighted by molar-refractivity contribution is 5.74. The molecule has 0 aliphatic rings. The molecule has 0 saturated heterocycles. The number of rotatable bonds is 27. The van der Waals surface area contributed by atoms with E-state index >= 15 is 0 Å². The first-order valence-electron chi connectivity index (χ1n) is 18.3. The Bertz CT molecular complexity index is 458. The molecule has 0 aromatic heterocycles. The highest BCUT2D eigenvalue weighted by atomic mass is 16.4. The topological polar surface area (TPSA) is 87.0 Å². The van der Waals surface area contributed by atoms with E-state index in [1.807, 2.05) is 0 Å². The summed E-state index contributed by atoms with van der Waals surface area (Å²) in [6, 6.07) is 0. The van der Waals surface area contributed by atoms with Crippen molar-refractivity contribution < 1.29 is 24.0 Å². The molecular weight excluding hydrogens is 522 g/mol. The number of nitrogens with zero attached hydrogens (tertiary/aromatic N) is 2. The van der Waals surface area contributed by atoms with Crippen molar-refractivity contribution in [3.05, 3.63) is 0 Å². The van der Waals surface area contributed by atoms with Gasteiger partial charge in [-0.15, -0.1) is 0 Å². The van der Waals surface area contributed by atoms with Gasteiger partial charge in [0.1, 0.15) is 0 Å². The summed E-state index contributed by atoms with van der Waals surface area (Å²) in [5.41, 5.74) is 0. The third-order valence-corrected chi connectivity index (χ3v) is 8.44. The summed E-state index contributed by atoms with van der Waals surface area (Å²) in [5, 5.41) is 25.5. The molecule has 42 heavy (non-hydrogen) atoms. The predicted octanol–water partition coefficient (Wildman–Crippen LogP) is 7.86. The Morgan fingerprint density at radius 2 is 0.619 bits per heavy atom. The van der Waals surface area contributed by atoms with Gasteiger partial charge in [0.05, 0.1) is 52.4 Å². The second-order valence-corrected chi connectivity index (χ2v) is 12.6. The molecule has 0 heterocycles. The van der Waals surface area contributed by atoms with Crippen LogP contribution in [-0.4, -0.2) is 73.2 Å². The number of hydrogen-bond donors (Lipinski definition) is 1. The number of carbonyl (C=O) groups excluding carboxylic acids is 1. The average molecular weight is 600 g/mol. The lowest BCUT2D eigenvalue weighted by Crippen LogP contribution is -2.50. The van der Waals surface area contributed by atoms with E-state index in [4.69, 9.17) is 5.41 Å². The first-order valence-corrected chi connectivity index (χ1v) is 18.3. The summed E-state index contributed by atoms with van der Waals surface area (Å²) in [6.45, 7) is 30.0. The summed E-state index contributed by atoms with van der Waals surface area (Å²) >= 11 is 0. The smallest absolute Gasteiger partial charge is 0.0786 e. The molecular formula is C36H77N3O3. The van der Waals surface area contributed by atoms with Gasteiger partial charge in [0.25, 0.3) is 0 Å². The van der Waals surface area contributed by atoms with Gasteiger partial charge in [-0.05, 0) is 70.1 Å². The Morgan fingerprint density at radius 3 is 0.714 bits per heavy atom. The van der Waals surface area contributed by atoms with Gasteiger partial charge in [-0.25, -0.2) is 0 Å². The molecule has 0 rings (SSSR count). The molecule has 0 aliphatic heterocycles. The van der Waals surface area contributed by atoms with E-state index in [9.17, 15) is 15.0 Å². The lowest BCUT2D eigenvalue weighted by molar-refractivity contribution is -0.929. The normalized spacial score (nSPS) is 11.3. The van der Waals surface area contributed by atoms with E-state index in [2.05, 4.69) is 55.4 Å². The van der Waals surface area contributed by atoms with E-state index in [1.165, 1.54) is 164 Å². The molecule has 0 radical (unpaired) electrons. The average Bonchev–Trinajstić information content (AvgIpc) is 2.99. The third-order valence-electron chi connectivity index (χ3n) is 8.44. The van der Waals surface area contributed by atoms with Crippen LogP contribution in [0.3, 0.4) is 0 Å². The van der Waals surface area contributed by atoms with Crippen molar-refractivity contribution in [2.45, 2.75) is 171 Å². The van der Waals surface area contributed by atoms with Crippen LogP contribution in [0.2, 0.25) is 0 Å². The summed E-state index contributed by atoms with van der Waals surface area (Å²) in [5.74, 6) is -2.15. The molecule has 0 aliphatic carbocycles. The zero-order valence-electron chi connectivity index (χ0n) is 30.0. The van der Waals surface area contributed by atoms with Gasteiger partial charge in [0, 0.05) is 5.97 Å². The zero-order valence-corrected chi connectivity index (χ0v) is 30.0. The predicted molar refractivity (Wildman–Crippen MR) is 181 cm³/mol. The molecule has 0 fully saturated rings. The van der Waals surface area contributed by atoms with Crippen LogP contribution in [0.1, 0.15) is 171 Å². The lowest BCUT2D eigenvalue weighted by atomic mass is 10.1. The van der Waals surface area contributed by atoms with Crippen LogP contribution in [0, 0.1) is 5.41 Å². The summed E-state index contributed by atoms with van der Waals surface area (Å²) in [6.07, 6.45) is 21.5. The fraction of sp³-hybridized carbons (Fsp3) is 0.944. The number of nitrogens with one attached hydrogen (secondary N) is 1. The van der Waals surface area contributed by atoms with Crippen molar-refractivity contribution in [3.63, 3.8) is 0 Å². The van der Waals surface area contributed by atoms with Crippen LogP contribution in [0.15, 0.2) is 0 Å². The van der Waals surface area contributed by atoms with Crippen molar-refractivity contribution in [2.75, 3.05) is 52.4 Å². The number of unbranched alkanes of at least 4 members (excludes halogenated alkanes) is 8. The quantitative estimate of drug-likeness (QED) is 0.0592. The molecule has 0 spiro atoms. The number of carbonyl (C=O) groups is 1. The van der Waals surface area contributed by atoms with Gasteiger partial charge in [0.15, 0.2) is 0 Å². The van der Waals surface area contributed by atoms with Crippen molar-refractivity contribution in [1.29, 1.82) is 5.41 Å². The monoisotopic (exact) mass is 600 g/mol. The molecule has 6 nitrogen and oxygen atoms in total. The van der Waals surface area contributed by atoms with Crippen molar-refractivity contribution in [2.24, 2.45) is 0 Å². The van der Waals surface area contributed by atoms with E-state index in [-0.39, 0.29) is 12.8 Å². The summed E-state index contributed by atoms with van der Waals surface area (Å²) in [4.78, 5) is 9.56. The molecule has 0 aromatic rings. The maximum atomic E-state index is 9.72. The second kappa shape index (κ2) is 32.8. The van der Waals surface area contributed by atoms with Crippen LogP contribution in [0.4, 0.5) is 0 Å². The van der Waals surface area contributed by atoms with Crippen molar-refractivity contribution in [3.8, 4) is 0 Å². The third kappa shape index (κ3) is 29.0. The number of carboxylic acids is 1. The number of hydrogen-bond acceptors (Lipinski definition) is 4. The van der Waals surface area contributed by atoms with Gasteiger partial charge >= 0.3 is 0 Å². The van der Waals surface area contributed by atoms with Gasteiger partial charge in [0.2, 0.25) is 0 Å². The minimum Gasteiger partial charge on any atom is -0.862 e. The lowest BCUT2D eigenvalue weighted by Gasteiger charge is -2.39. The van der Waals surface area contributed by atoms with Crippen LogP contribution >= 0.6 is 0 Å². The first kappa shape index (κ1) is 45.3. The van der Waals surface area contributed by atoms with Crippen LogP contribution in [-0.2, 0) is 4.79 Å². The van der Waals surface area contributed by atoms with Crippen molar-refractivity contribution in [1.82, 2.24) is 0 Å². The minimum atomic E-state index is -1.29. The minimum absolute atomic E-state index is 0.248. The van der Waals surface area contributed by atoms with E-state index in [0.29, 0.717) is 0 Å². The standard InChI is InChI=1S/2C16H36N.C4H7NO3/c2*1-5-9-13-17(14-10-6-2,15-11-7-3)16-12-8-4;5-3(6)1-2-4(7)8/h2*5-16H2,1-4H3;1-2H2,(H2,5,6)(H,7,8)/q2*+1;/p-2. The van der Waals surface area contributed by atoms with Crippen LogP contribution in [0.5, 0.6) is 0 Å². The fourth-order valence-electron chi connectivity index (χ4n) is 5.51. The van der Waals surface area contributed by atoms with Crippen LogP contribution < -0.4 is 10.2 Å². The Balaban J connectivity index is -0.000000579. The SMILES string of the molecule is CCCC[N+](CCCC)(CCCC)CCCC.CCCC[N+](CCCC)(CCCC)CCCC.N=C([O-])CCC(=O)[O-]. The highest BCUT2D eigenvalue weighted by Gasteiger charge is 2.25. The largest absolute Gasteiger partial charge is 0.862 e. The molecule has 0 aromatic carbocycles. The number of carboxylic acid groups (broad SMARTS) is 1. The number of aliphatic carboxylic acids is 1. The Kier molecular flexibility index (Phi) is 35.3. The van der Waals surface area contributed by atoms with E-state index in [0.717, 1.165) is 0 Å². The zero-order chi connectivity index (χ0) is 32.5. The Hall–Kier alpha value is -1.14. The van der Waals surface area contributed by atoms with E-state index < -0.39 is 11.9 Å². The van der Waals surface area contributed by atoms with E-state index in [1.54, 1.807) is 0 Å². The second-order valence-electron chi connectivity index (χ2n) is 12.6. The Morgan fingerprint density at radius 1 is 0.429 bits per heavy atom. The van der Waals surface area contributed by atoms with Crippen LogP contribution in [0.25, 0.3) is 0 Å². The molecule has 0 unspecified atom stereocenters. The molecule has 0 saturated carbocycles. The van der Waals surface area contributed by atoms with Crippen molar-refractivity contribution >= 4 is 11.9 Å². The summed E-state index contributed by atoms with van der Waals surface area (Å²) in [7, 11) is 0. The maximum absolute atomic E-state index is 9.72. The molecule has 0 amide bonds. The molecule has 1 N–H and O–H groups in total. The highest BCUT2D eigenvalue weighted by Crippen LogP contribution is 2.17. The molecule has 0 atom stereocenters. The summed E-state index contributed by atoms with van der Waals surface area (Å²) < 4.78 is 2.84. The number of quaternary nitrogens is 2. The van der Waals surface area contributed by atoms with Gasteiger partial charge in [-0.3, -0.25) is 0 Å². The first-order chi connectivity index (χ1) is 20.1. The van der Waals surface area contributed by atoms with Gasteiger partial charge in [-0.1, -0.05) is 107 Å². The van der Waals surface area contributed by atoms with Gasteiger partial charge in [-0.2, -0.15) is 0 Å². The van der Waals surface area contributed by atoms with Gasteiger partial charge < -0.3 is 29.4 Å². The molecule has 0 bridgehead atoms. The Labute approximate surface area is 264 Å². The fourth-order valence-corrected chi connectivity index (χ4v) is 5.51. The molecule has 6 heteroatoms. The maximum Gasteiger partial charge on any atom is 0.0786 e.